The number of carboxylic acids is 1. The van der Waals surface area contributed by atoms with Crippen LogP contribution in [-0.4, -0.2) is 28.9 Å². The highest BCUT2D eigenvalue weighted by molar-refractivity contribution is 5.96. The van der Waals surface area contributed by atoms with Gasteiger partial charge in [-0.3, -0.25) is 14.4 Å². The van der Waals surface area contributed by atoms with Gasteiger partial charge in [-0.1, -0.05) is 6.42 Å². The zero-order chi connectivity index (χ0) is 17.1. The van der Waals surface area contributed by atoms with Crippen LogP contribution in [0.25, 0.3) is 0 Å². The first kappa shape index (κ1) is 16.5. The molecule has 1 aromatic carbocycles. The van der Waals surface area contributed by atoms with Crippen LogP contribution in [0.15, 0.2) is 24.3 Å². The Labute approximate surface area is 140 Å². The highest BCUT2D eigenvalue weighted by Crippen LogP contribution is 2.30. The second-order valence-corrected chi connectivity index (χ2v) is 6.71. The number of benzene rings is 1. The number of nitrogens with one attached hydrogen (secondary N) is 2. The van der Waals surface area contributed by atoms with Crippen LogP contribution in [0, 0.1) is 11.8 Å². The minimum absolute atomic E-state index is 0.0908. The molecule has 0 radical (unpaired) electrons. The summed E-state index contributed by atoms with van der Waals surface area (Å²) in [7, 11) is 0. The molecule has 0 bridgehead atoms. The molecule has 2 aliphatic carbocycles. The number of aliphatic carboxylic acids is 1. The molecule has 2 fully saturated rings. The van der Waals surface area contributed by atoms with Crippen LogP contribution in [0.2, 0.25) is 0 Å². The highest BCUT2D eigenvalue weighted by atomic mass is 16.4. The number of carbonyl (C=O) groups excluding carboxylic acids is 2. The fourth-order valence-corrected chi connectivity index (χ4v) is 3.10. The van der Waals surface area contributed by atoms with Crippen molar-refractivity contribution >= 4 is 23.5 Å². The largest absolute Gasteiger partial charge is 0.481 e. The van der Waals surface area contributed by atoms with Gasteiger partial charge in [0.1, 0.15) is 0 Å². The van der Waals surface area contributed by atoms with Crippen molar-refractivity contribution in [1.82, 2.24) is 5.32 Å². The number of hydrogen-bond acceptors (Lipinski definition) is 3. The number of amides is 2. The van der Waals surface area contributed by atoms with E-state index in [4.69, 9.17) is 5.11 Å². The smallest absolute Gasteiger partial charge is 0.306 e. The summed E-state index contributed by atoms with van der Waals surface area (Å²) in [5, 5.41) is 14.8. The molecule has 2 aliphatic rings. The average molecular weight is 330 g/mol. The standard InChI is InChI=1S/C18H22N2O4/c21-16(19-15-8-9-15)11-4-6-14(7-5-11)20-17(22)12-2-1-3-13(10-12)18(23)24/h4-7,12-13,15H,1-3,8-10H2,(H,19,21)(H,20,22)(H,23,24). The van der Waals surface area contributed by atoms with Gasteiger partial charge in [0.05, 0.1) is 5.92 Å². The predicted octanol–water partition coefficient (Wildman–Crippen LogP) is 2.41. The maximum absolute atomic E-state index is 12.3. The van der Waals surface area contributed by atoms with Crippen molar-refractivity contribution in [3.63, 3.8) is 0 Å². The Balaban J connectivity index is 1.55. The van der Waals surface area contributed by atoms with Crippen molar-refractivity contribution in [1.29, 1.82) is 0 Å². The summed E-state index contributed by atoms with van der Waals surface area (Å²) in [5.74, 6) is -1.75. The predicted molar refractivity (Wildman–Crippen MR) is 88.6 cm³/mol. The number of rotatable bonds is 5. The number of anilines is 1. The Kier molecular flexibility index (Phi) is 4.83. The number of carboxylic acid groups (broad SMARTS) is 1. The quantitative estimate of drug-likeness (QED) is 0.772. The fraction of sp³-hybridized carbons (Fsp3) is 0.500. The van der Waals surface area contributed by atoms with E-state index in [-0.39, 0.29) is 17.7 Å². The second kappa shape index (κ2) is 7.03. The van der Waals surface area contributed by atoms with Gasteiger partial charge in [-0.15, -0.1) is 0 Å². The molecule has 2 atom stereocenters. The Morgan fingerprint density at radius 3 is 2.25 bits per heavy atom. The zero-order valence-electron chi connectivity index (χ0n) is 13.5. The minimum Gasteiger partial charge on any atom is -0.481 e. The van der Waals surface area contributed by atoms with Gasteiger partial charge in [0, 0.05) is 23.2 Å². The van der Waals surface area contributed by atoms with E-state index in [1.807, 2.05) is 0 Å². The fourth-order valence-electron chi connectivity index (χ4n) is 3.10. The zero-order valence-corrected chi connectivity index (χ0v) is 13.5. The Morgan fingerprint density at radius 2 is 1.62 bits per heavy atom. The third-order valence-electron chi connectivity index (χ3n) is 4.72. The van der Waals surface area contributed by atoms with E-state index < -0.39 is 11.9 Å². The van der Waals surface area contributed by atoms with Gasteiger partial charge >= 0.3 is 5.97 Å². The molecule has 0 aliphatic heterocycles. The van der Waals surface area contributed by atoms with Crippen LogP contribution in [0.3, 0.4) is 0 Å². The van der Waals surface area contributed by atoms with Crippen LogP contribution in [0.4, 0.5) is 5.69 Å². The molecule has 2 unspecified atom stereocenters. The molecule has 128 valence electrons. The first-order valence-electron chi connectivity index (χ1n) is 8.47. The Hall–Kier alpha value is -2.37. The summed E-state index contributed by atoms with van der Waals surface area (Å²) < 4.78 is 0. The van der Waals surface area contributed by atoms with Crippen LogP contribution >= 0.6 is 0 Å². The summed E-state index contributed by atoms with van der Waals surface area (Å²) in [5.41, 5.74) is 1.20. The molecule has 0 spiro atoms. The lowest BCUT2D eigenvalue weighted by Crippen LogP contribution is -2.31. The molecule has 24 heavy (non-hydrogen) atoms. The first-order valence-corrected chi connectivity index (χ1v) is 8.47. The Bertz CT molecular complexity index is 637. The monoisotopic (exact) mass is 330 g/mol. The van der Waals surface area contributed by atoms with Crippen molar-refractivity contribution in [2.75, 3.05) is 5.32 Å². The van der Waals surface area contributed by atoms with E-state index >= 15 is 0 Å². The van der Waals surface area contributed by atoms with Crippen LogP contribution < -0.4 is 10.6 Å². The van der Waals surface area contributed by atoms with Crippen molar-refractivity contribution in [2.24, 2.45) is 11.8 Å². The van der Waals surface area contributed by atoms with Crippen LogP contribution in [-0.2, 0) is 9.59 Å². The van der Waals surface area contributed by atoms with Crippen molar-refractivity contribution in [3.05, 3.63) is 29.8 Å². The number of carbonyl (C=O) groups is 3. The lowest BCUT2D eigenvalue weighted by molar-refractivity contribution is -0.143. The second-order valence-electron chi connectivity index (χ2n) is 6.71. The van der Waals surface area contributed by atoms with Gasteiger partial charge in [0.25, 0.3) is 5.91 Å². The molecule has 3 rings (SSSR count). The van der Waals surface area contributed by atoms with E-state index in [2.05, 4.69) is 10.6 Å². The molecular formula is C18H22N2O4. The summed E-state index contributed by atoms with van der Waals surface area (Å²) >= 11 is 0. The molecule has 3 N–H and O–H groups in total. The topological polar surface area (TPSA) is 95.5 Å². The van der Waals surface area contributed by atoms with E-state index in [1.165, 1.54) is 0 Å². The van der Waals surface area contributed by atoms with Gasteiger partial charge in [-0.25, -0.2) is 0 Å². The van der Waals surface area contributed by atoms with Crippen LogP contribution in [0.5, 0.6) is 0 Å². The summed E-state index contributed by atoms with van der Waals surface area (Å²) in [6, 6.07) is 7.10. The Morgan fingerprint density at radius 1 is 0.958 bits per heavy atom. The maximum atomic E-state index is 12.3. The van der Waals surface area contributed by atoms with E-state index in [0.29, 0.717) is 30.1 Å². The summed E-state index contributed by atoms with van der Waals surface area (Å²) in [6.07, 6.45) is 4.59. The molecule has 2 saturated carbocycles. The van der Waals surface area contributed by atoms with Gasteiger partial charge in [0.2, 0.25) is 5.91 Å². The van der Waals surface area contributed by atoms with E-state index in [9.17, 15) is 14.4 Å². The molecule has 0 aromatic heterocycles. The molecule has 6 nitrogen and oxygen atoms in total. The molecule has 0 saturated heterocycles. The molecule has 0 heterocycles. The summed E-state index contributed by atoms with van der Waals surface area (Å²) in [6.45, 7) is 0. The first-order chi connectivity index (χ1) is 11.5. The third kappa shape index (κ3) is 4.13. The molecular weight excluding hydrogens is 308 g/mol. The van der Waals surface area contributed by atoms with E-state index in [1.54, 1.807) is 24.3 Å². The van der Waals surface area contributed by atoms with Gasteiger partial charge in [0.15, 0.2) is 0 Å². The molecule has 6 heteroatoms. The van der Waals surface area contributed by atoms with Crippen molar-refractivity contribution in [2.45, 2.75) is 44.6 Å². The lowest BCUT2D eigenvalue weighted by atomic mass is 9.81. The average Bonchev–Trinajstić information content (AvgIpc) is 3.39. The van der Waals surface area contributed by atoms with Gasteiger partial charge in [-0.05, 0) is 56.4 Å². The molecule has 1 aromatic rings. The highest BCUT2D eigenvalue weighted by Gasteiger charge is 2.31. The maximum Gasteiger partial charge on any atom is 0.306 e. The third-order valence-corrected chi connectivity index (χ3v) is 4.72. The SMILES string of the molecule is O=C(NC1CC1)c1ccc(NC(=O)C2CCCC(C(=O)O)C2)cc1. The van der Waals surface area contributed by atoms with Crippen molar-refractivity contribution in [3.8, 4) is 0 Å². The number of hydrogen-bond donors (Lipinski definition) is 3. The normalized spacial score (nSPS) is 23.3. The van der Waals surface area contributed by atoms with E-state index in [0.717, 1.165) is 25.7 Å². The van der Waals surface area contributed by atoms with Gasteiger partial charge < -0.3 is 15.7 Å². The van der Waals surface area contributed by atoms with Crippen LogP contribution in [0.1, 0.15) is 48.9 Å². The summed E-state index contributed by atoms with van der Waals surface area (Å²) in [4.78, 5) is 35.3. The molecule has 2 amide bonds. The van der Waals surface area contributed by atoms with Gasteiger partial charge in [-0.2, -0.15) is 0 Å². The minimum atomic E-state index is -0.821. The van der Waals surface area contributed by atoms with Crippen molar-refractivity contribution < 1.29 is 19.5 Å². The lowest BCUT2D eigenvalue weighted by Gasteiger charge is -2.25.